The lowest BCUT2D eigenvalue weighted by molar-refractivity contribution is -0.173. The number of hydrogen-bond donors (Lipinski definition) is 0. The van der Waals surface area contributed by atoms with Gasteiger partial charge in [-0.15, -0.1) is 11.3 Å². The molecule has 0 aliphatic heterocycles. The minimum absolute atomic E-state index is 0.144. The Bertz CT molecular complexity index is 1210. The molecule has 4 atom stereocenters. The number of methoxy groups -OCH3 is 1. The lowest BCUT2D eigenvalue weighted by Crippen LogP contribution is -2.42. The van der Waals surface area contributed by atoms with Crippen LogP contribution in [0.1, 0.15) is 108 Å². The van der Waals surface area contributed by atoms with E-state index in [2.05, 4.69) is 77.1 Å². The first-order valence-corrected chi connectivity index (χ1v) is 18.5. The van der Waals surface area contributed by atoms with Crippen molar-refractivity contribution in [2.24, 2.45) is 0 Å². The van der Waals surface area contributed by atoms with E-state index in [4.69, 9.17) is 28.4 Å². The van der Waals surface area contributed by atoms with Gasteiger partial charge in [0.2, 0.25) is 0 Å². The zero-order valence-electron chi connectivity index (χ0n) is 29.4. The van der Waals surface area contributed by atoms with Gasteiger partial charge >= 0.3 is 0 Å². The van der Waals surface area contributed by atoms with Crippen LogP contribution in [0.5, 0.6) is 5.75 Å². The molecule has 0 N–H and O–H groups in total. The van der Waals surface area contributed by atoms with Crippen molar-refractivity contribution in [1.29, 1.82) is 0 Å². The molecule has 0 amide bonds. The van der Waals surface area contributed by atoms with Crippen LogP contribution >= 0.6 is 11.3 Å². The minimum Gasteiger partial charge on any atom is -0.497 e. The fraction of sp³-hybridized carbons (Fsp3) is 0.641. The molecule has 2 unspecified atom stereocenters. The predicted octanol–water partition coefficient (Wildman–Crippen LogP) is 9.95. The second-order valence-electron chi connectivity index (χ2n) is 12.2. The highest BCUT2D eigenvalue weighted by Gasteiger charge is 2.31. The van der Waals surface area contributed by atoms with Crippen molar-refractivity contribution in [2.75, 3.05) is 46.8 Å². The van der Waals surface area contributed by atoms with Crippen LogP contribution in [0.15, 0.2) is 48.5 Å². The van der Waals surface area contributed by atoms with Crippen LogP contribution in [0.4, 0.5) is 0 Å². The van der Waals surface area contributed by atoms with Gasteiger partial charge in [0.05, 0.1) is 26.4 Å². The molecule has 2 aromatic carbocycles. The van der Waals surface area contributed by atoms with Gasteiger partial charge in [0, 0.05) is 42.4 Å². The lowest BCUT2D eigenvalue weighted by Gasteiger charge is -2.34. The van der Waals surface area contributed by atoms with Crippen molar-refractivity contribution in [2.45, 2.75) is 117 Å². The largest absolute Gasteiger partial charge is 0.497 e. The fourth-order valence-electron chi connectivity index (χ4n) is 5.29. The Morgan fingerprint density at radius 1 is 0.696 bits per heavy atom. The molecule has 258 valence electrons. The molecule has 0 fully saturated rings. The van der Waals surface area contributed by atoms with Crippen LogP contribution in [-0.2, 0) is 30.1 Å². The Morgan fingerprint density at radius 3 is 2.02 bits per heavy atom. The zero-order valence-corrected chi connectivity index (χ0v) is 30.2. The van der Waals surface area contributed by atoms with E-state index in [0.717, 1.165) is 75.7 Å². The number of rotatable bonds is 26. The zero-order chi connectivity index (χ0) is 33.0. The molecular weight excluding hydrogens is 596 g/mol. The second kappa shape index (κ2) is 22.5. The summed E-state index contributed by atoms with van der Waals surface area (Å²) in [5, 5.41) is 1.22. The summed E-state index contributed by atoms with van der Waals surface area (Å²) in [6, 6.07) is 17.4. The highest BCUT2D eigenvalue weighted by molar-refractivity contribution is 7.19. The van der Waals surface area contributed by atoms with E-state index in [-0.39, 0.29) is 24.4 Å². The summed E-state index contributed by atoms with van der Waals surface area (Å²) in [6.45, 7) is 14.6. The van der Waals surface area contributed by atoms with E-state index < -0.39 is 0 Å². The summed E-state index contributed by atoms with van der Waals surface area (Å²) >= 11 is 1.83. The van der Waals surface area contributed by atoms with Crippen LogP contribution in [0.3, 0.4) is 0 Å². The molecular formula is C39H60O6S. The first-order valence-electron chi connectivity index (χ1n) is 17.7. The van der Waals surface area contributed by atoms with Gasteiger partial charge in [-0.05, 0) is 73.4 Å². The molecule has 7 heteroatoms. The molecule has 0 saturated carbocycles. The lowest BCUT2D eigenvalue weighted by atomic mass is 10.00. The quantitative estimate of drug-likeness (QED) is 0.0802. The van der Waals surface area contributed by atoms with Crippen molar-refractivity contribution in [1.82, 2.24) is 0 Å². The second-order valence-corrected chi connectivity index (χ2v) is 13.4. The standard InChI is InChI=1S/C39H60O6S/c1-7-11-20-41-28-36(44-23-14-10-4)37(29-42-21-12-8-2)45-39(30(5)43-22-13-9-3)32-17-15-16-31(24-32)25-35-27-33-26-34(40-6)18-19-38(33)46-35/h15-19,24,26-27,30,36-37,39H,7-14,20-23,25,28-29H2,1-6H3/t30-,36+,37?,39?/m1/s1. The molecule has 0 radical (unpaired) electrons. The van der Waals surface area contributed by atoms with Gasteiger partial charge in [-0.25, -0.2) is 0 Å². The first-order chi connectivity index (χ1) is 22.5. The van der Waals surface area contributed by atoms with Crippen LogP contribution < -0.4 is 4.74 Å². The SMILES string of the molecule is CCCCOCC(OC(c1cccc(Cc2cc3cc(OC)ccc3s2)c1)[C@@H](C)OCCCC)[C@H](COCCCC)OCCCC. The third kappa shape index (κ3) is 13.2. The molecule has 0 bridgehead atoms. The van der Waals surface area contributed by atoms with Crippen molar-refractivity contribution in [3.05, 3.63) is 64.5 Å². The molecule has 6 nitrogen and oxygen atoms in total. The van der Waals surface area contributed by atoms with Gasteiger partial charge in [0.15, 0.2) is 0 Å². The normalized spacial score (nSPS) is 14.4. The van der Waals surface area contributed by atoms with Gasteiger partial charge in [-0.2, -0.15) is 0 Å². The van der Waals surface area contributed by atoms with Gasteiger partial charge in [0.1, 0.15) is 24.1 Å². The Hall–Kier alpha value is -2.00. The highest BCUT2D eigenvalue weighted by atomic mass is 32.1. The van der Waals surface area contributed by atoms with Gasteiger partial charge in [-0.3, -0.25) is 0 Å². The van der Waals surface area contributed by atoms with E-state index in [9.17, 15) is 0 Å². The van der Waals surface area contributed by atoms with Crippen LogP contribution in [0, 0.1) is 0 Å². The molecule has 0 saturated heterocycles. The molecule has 0 aliphatic rings. The van der Waals surface area contributed by atoms with E-state index in [1.165, 1.54) is 20.5 Å². The van der Waals surface area contributed by atoms with E-state index in [1.807, 2.05) is 17.4 Å². The molecule has 46 heavy (non-hydrogen) atoms. The van der Waals surface area contributed by atoms with Gasteiger partial charge in [0.25, 0.3) is 0 Å². The molecule has 1 aromatic heterocycles. The van der Waals surface area contributed by atoms with E-state index in [1.54, 1.807) is 7.11 Å². The van der Waals surface area contributed by atoms with E-state index >= 15 is 0 Å². The maximum Gasteiger partial charge on any atom is 0.119 e. The summed E-state index contributed by atoms with van der Waals surface area (Å²) in [5.41, 5.74) is 2.36. The Morgan fingerprint density at radius 2 is 1.35 bits per heavy atom. The number of hydrogen-bond acceptors (Lipinski definition) is 7. The Labute approximate surface area is 283 Å². The topological polar surface area (TPSA) is 55.4 Å². The smallest absolute Gasteiger partial charge is 0.119 e. The summed E-state index contributed by atoms with van der Waals surface area (Å²) in [5.74, 6) is 0.886. The van der Waals surface area contributed by atoms with Gasteiger partial charge in [-0.1, -0.05) is 77.6 Å². The summed E-state index contributed by atoms with van der Waals surface area (Å²) in [7, 11) is 1.71. The first kappa shape index (κ1) is 38.4. The fourth-order valence-corrected chi connectivity index (χ4v) is 6.37. The van der Waals surface area contributed by atoms with Crippen LogP contribution in [0.2, 0.25) is 0 Å². The molecule has 3 rings (SSSR count). The third-order valence-electron chi connectivity index (χ3n) is 8.15. The number of benzene rings is 2. The Kier molecular flexibility index (Phi) is 18.8. The average molecular weight is 657 g/mol. The van der Waals surface area contributed by atoms with Crippen molar-refractivity contribution >= 4 is 21.4 Å². The van der Waals surface area contributed by atoms with Crippen molar-refractivity contribution in [3.63, 3.8) is 0 Å². The molecule has 3 aromatic rings. The predicted molar refractivity (Wildman–Crippen MR) is 192 cm³/mol. The van der Waals surface area contributed by atoms with Gasteiger partial charge < -0.3 is 28.4 Å². The summed E-state index contributed by atoms with van der Waals surface area (Å²) in [4.78, 5) is 1.32. The molecule has 0 spiro atoms. The maximum atomic E-state index is 7.07. The maximum absolute atomic E-state index is 7.07. The average Bonchev–Trinajstić information content (AvgIpc) is 3.47. The van der Waals surface area contributed by atoms with Crippen molar-refractivity contribution in [3.8, 4) is 5.75 Å². The molecule has 1 heterocycles. The monoisotopic (exact) mass is 656 g/mol. The summed E-state index contributed by atoms with van der Waals surface area (Å²) in [6.07, 6.45) is 8.34. The van der Waals surface area contributed by atoms with E-state index in [0.29, 0.717) is 33.0 Å². The number of ether oxygens (including phenoxy) is 6. The number of unbranched alkanes of at least 4 members (excludes halogenated alkanes) is 4. The van der Waals surface area contributed by atoms with Crippen LogP contribution in [-0.4, -0.2) is 65.1 Å². The number of fused-ring (bicyclic) bond motifs is 1. The van der Waals surface area contributed by atoms with Crippen LogP contribution in [0.25, 0.3) is 10.1 Å². The third-order valence-corrected chi connectivity index (χ3v) is 9.27. The van der Waals surface area contributed by atoms with Crippen molar-refractivity contribution < 1.29 is 28.4 Å². The number of thiophene rings is 1. The summed E-state index contributed by atoms with van der Waals surface area (Å²) < 4.78 is 39.0. The minimum atomic E-state index is -0.293. The highest BCUT2D eigenvalue weighted by Crippen LogP contribution is 2.32. The Balaban J connectivity index is 1.88. The molecule has 0 aliphatic carbocycles.